The minimum Gasteiger partial charge on any atom is -0.356 e. The first-order valence-electron chi connectivity index (χ1n) is 5.96. The van der Waals surface area contributed by atoms with Crippen molar-refractivity contribution in [1.82, 2.24) is 10.6 Å². The van der Waals surface area contributed by atoms with E-state index in [1.54, 1.807) is 7.05 Å². The maximum absolute atomic E-state index is 4.17. The van der Waals surface area contributed by atoms with Gasteiger partial charge in [-0.3, -0.25) is 4.99 Å². The number of hydrogen-bond acceptors (Lipinski definition) is 1. The van der Waals surface area contributed by atoms with Crippen LogP contribution in [-0.2, 0) is 6.54 Å². The zero-order valence-electron chi connectivity index (χ0n) is 11.0. The van der Waals surface area contributed by atoms with Crippen molar-refractivity contribution >= 4 is 29.9 Å². The van der Waals surface area contributed by atoms with Crippen LogP contribution >= 0.6 is 24.0 Å². The molecule has 0 aliphatic carbocycles. The van der Waals surface area contributed by atoms with Crippen LogP contribution in [0.3, 0.4) is 0 Å². The first-order valence-corrected chi connectivity index (χ1v) is 5.96. The normalized spacial score (nSPS) is 11.1. The van der Waals surface area contributed by atoms with E-state index in [1.807, 2.05) is 25.1 Å². The number of hydrogen-bond donors (Lipinski definition) is 2. The summed E-state index contributed by atoms with van der Waals surface area (Å²) in [6.07, 6.45) is 5.21. The highest BCUT2D eigenvalue weighted by atomic mass is 127. The second-order valence-electron chi connectivity index (χ2n) is 3.70. The van der Waals surface area contributed by atoms with Crippen molar-refractivity contribution in [3.05, 3.63) is 48.0 Å². The Hall–Kier alpha value is -1.04. The van der Waals surface area contributed by atoms with E-state index in [-0.39, 0.29) is 24.0 Å². The van der Waals surface area contributed by atoms with Crippen LogP contribution in [0.4, 0.5) is 0 Å². The molecule has 0 aliphatic rings. The minimum atomic E-state index is 0. The third-order valence-corrected chi connectivity index (χ3v) is 2.37. The maximum Gasteiger partial charge on any atom is 0.191 e. The summed E-state index contributed by atoms with van der Waals surface area (Å²) >= 11 is 0. The Bertz CT molecular complexity index is 361. The number of rotatable bonds is 5. The summed E-state index contributed by atoms with van der Waals surface area (Å²) in [7, 11) is 1.79. The number of nitrogens with zero attached hydrogens (tertiary/aromatic N) is 1. The van der Waals surface area contributed by atoms with Crippen molar-refractivity contribution in [1.29, 1.82) is 0 Å². The predicted octanol–water partition coefficient (Wildman–Crippen LogP) is 2.94. The van der Waals surface area contributed by atoms with Crippen LogP contribution in [0.2, 0.25) is 0 Å². The summed E-state index contributed by atoms with van der Waals surface area (Å²) in [4.78, 5) is 4.17. The quantitative estimate of drug-likeness (QED) is 0.279. The molecule has 3 nitrogen and oxygen atoms in total. The van der Waals surface area contributed by atoms with Gasteiger partial charge in [-0.25, -0.2) is 0 Å². The van der Waals surface area contributed by atoms with E-state index in [0.29, 0.717) is 0 Å². The lowest BCUT2D eigenvalue weighted by atomic mass is 10.2. The molecule has 0 atom stereocenters. The zero-order chi connectivity index (χ0) is 12.3. The van der Waals surface area contributed by atoms with Crippen molar-refractivity contribution in [3.63, 3.8) is 0 Å². The zero-order valence-corrected chi connectivity index (χ0v) is 13.3. The molecule has 0 saturated carbocycles. The molecule has 0 aliphatic heterocycles. The first-order chi connectivity index (χ1) is 8.36. The molecular weight excluding hydrogens is 337 g/mol. The molecule has 0 aromatic heterocycles. The van der Waals surface area contributed by atoms with Gasteiger partial charge in [-0.2, -0.15) is 0 Å². The highest BCUT2D eigenvalue weighted by Gasteiger charge is 1.96. The Morgan fingerprint density at radius 3 is 2.56 bits per heavy atom. The summed E-state index contributed by atoms with van der Waals surface area (Å²) in [5, 5.41) is 6.54. The molecule has 1 rings (SSSR count). The van der Waals surface area contributed by atoms with Crippen molar-refractivity contribution in [3.8, 4) is 0 Å². The van der Waals surface area contributed by atoms with Crippen LogP contribution in [0.5, 0.6) is 0 Å². The number of aliphatic imine (C=N–C) groups is 1. The lowest BCUT2D eigenvalue weighted by Crippen LogP contribution is -2.37. The van der Waals surface area contributed by atoms with Gasteiger partial charge in [0.2, 0.25) is 0 Å². The Morgan fingerprint density at radius 2 is 1.94 bits per heavy atom. The van der Waals surface area contributed by atoms with E-state index in [2.05, 4.69) is 39.9 Å². The fourth-order valence-corrected chi connectivity index (χ4v) is 1.44. The second kappa shape index (κ2) is 11.1. The van der Waals surface area contributed by atoms with Crippen molar-refractivity contribution in [2.24, 2.45) is 4.99 Å². The van der Waals surface area contributed by atoms with Crippen LogP contribution in [0.15, 0.2) is 47.5 Å². The Balaban J connectivity index is 0.00000289. The predicted molar refractivity (Wildman–Crippen MR) is 89.5 cm³/mol. The van der Waals surface area contributed by atoms with Crippen molar-refractivity contribution < 1.29 is 0 Å². The Kier molecular flexibility index (Phi) is 10.4. The molecule has 1 aromatic carbocycles. The molecule has 0 bridgehead atoms. The van der Waals surface area contributed by atoms with Gasteiger partial charge in [0.1, 0.15) is 0 Å². The van der Waals surface area contributed by atoms with Gasteiger partial charge in [-0.05, 0) is 18.9 Å². The van der Waals surface area contributed by atoms with E-state index in [9.17, 15) is 0 Å². The van der Waals surface area contributed by atoms with Crippen LogP contribution in [-0.4, -0.2) is 19.6 Å². The smallest absolute Gasteiger partial charge is 0.191 e. The number of allylic oxidation sites excluding steroid dienone is 1. The summed E-state index contributed by atoms with van der Waals surface area (Å²) in [6, 6.07) is 10.3. The Labute approximate surface area is 127 Å². The van der Waals surface area contributed by atoms with Crippen LogP contribution in [0.1, 0.15) is 18.9 Å². The summed E-state index contributed by atoms with van der Waals surface area (Å²) in [6.45, 7) is 3.73. The number of benzene rings is 1. The minimum absolute atomic E-state index is 0. The molecule has 0 heterocycles. The fraction of sp³-hybridized carbons (Fsp3) is 0.357. The molecule has 4 heteroatoms. The summed E-state index contributed by atoms with van der Waals surface area (Å²) in [5.41, 5.74) is 1.25. The molecule has 0 amide bonds. The van der Waals surface area contributed by atoms with E-state index >= 15 is 0 Å². The lowest BCUT2D eigenvalue weighted by Gasteiger charge is -2.10. The average Bonchev–Trinajstić information content (AvgIpc) is 2.39. The molecule has 0 saturated heterocycles. The third-order valence-electron chi connectivity index (χ3n) is 2.37. The van der Waals surface area contributed by atoms with Crippen molar-refractivity contribution in [2.75, 3.05) is 13.6 Å². The van der Waals surface area contributed by atoms with Gasteiger partial charge < -0.3 is 10.6 Å². The SMILES string of the molecule is CC=CCCNC(=NC)NCc1ccccc1.I. The van der Waals surface area contributed by atoms with Crippen LogP contribution in [0, 0.1) is 0 Å². The molecule has 1 aromatic rings. The summed E-state index contributed by atoms with van der Waals surface area (Å²) < 4.78 is 0. The monoisotopic (exact) mass is 359 g/mol. The molecule has 2 N–H and O–H groups in total. The lowest BCUT2D eigenvalue weighted by molar-refractivity contribution is 0.804. The van der Waals surface area contributed by atoms with Gasteiger partial charge in [0.25, 0.3) is 0 Å². The second-order valence-corrected chi connectivity index (χ2v) is 3.70. The molecule has 0 unspecified atom stereocenters. The van der Waals surface area contributed by atoms with Crippen molar-refractivity contribution in [2.45, 2.75) is 19.9 Å². The van der Waals surface area contributed by atoms with Gasteiger partial charge in [0, 0.05) is 20.1 Å². The molecule has 0 radical (unpaired) electrons. The van der Waals surface area contributed by atoms with Crippen LogP contribution in [0.25, 0.3) is 0 Å². The number of halogens is 1. The van der Waals surface area contributed by atoms with E-state index < -0.39 is 0 Å². The van der Waals surface area contributed by atoms with E-state index in [4.69, 9.17) is 0 Å². The molecular formula is C14H22IN3. The molecule has 100 valence electrons. The fourth-order valence-electron chi connectivity index (χ4n) is 1.44. The van der Waals surface area contributed by atoms with Crippen LogP contribution < -0.4 is 10.6 Å². The third kappa shape index (κ3) is 7.32. The maximum atomic E-state index is 4.17. The first kappa shape index (κ1) is 17.0. The number of nitrogens with one attached hydrogen (secondary N) is 2. The van der Waals surface area contributed by atoms with E-state index in [1.165, 1.54) is 5.56 Å². The number of guanidine groups is 1. The van der Waals surface area contributed by atoms with Gasteiger partial charge in [-0.15, -0.1) is 24.0 Å². The van der Waals surface area contributed by atoms with Gasteiger partial charge in [-0.1, -0.05) is 42.5 Å². The van der Waals surface area contributed by atoms with Gasteiger partial charge in [0.05, 0.1) is 0 Å². The summed E-state index contributed by atoms with van der Waals surface area (Å²) in [5.74, 6) is 0.846. The molecule has 0 fully saturated rings. The molecule has 18 heavy (non-hydrogen) atoms. The molecule has 0 spiro atoms. The Morgan fingerprint density at radius 1 is 1.22 bits per heavy atom. The average molecular weight is 359 g/mol. The standard InChI is InChI=1S/C14H21N3.HI/c1-3-4-8-11-16-14(15-2)17-12-13-9-6-5-7-10-13;/h3-7,9-10H,8,11-12H2,1-2H3,(H2,15,16,17);1H. The highest BCUT2D eigenvalue weighted by molar-refractivity contribution is 14.0. The highest BCUT2D eigenvalue weighted by Crippen LogP contribution is 1.96. The van der Waals surface area contributed by atoms with E-state index in [0.717, 1.165) is 25.5 Å². The van der Waals surface area contributed by atoms with Gasteiger partial charge >= 0.3 is 0 Å². The topological polar surface area (TPSA) is 36.4 Å². The van der Waals surface area contributed by atoms with Gasteiger partial charge in [0.15, 0.2) is 5.96 Å². The largest absolute Gasteiger partial charge is 0.356 e.